The molecule has 1 aromatic carbocycles. The van der Waals surface area contributed by atoms with Crippen LogP contribution in [-0.2, 0) is 18.7 Å². The van der Waals surface area contributed by atoms with Crippen molar-refractivity contribution in [3.05, 3.63) is 51.7 Å². The summed E-state index contributed by atoms with van der Waals surface area (Å²) in [5.41, 5.74) is 3.83. The van der Waals surface area contributed by atoms with Gasteiger partial charge < -0.3 is 4.57 Å². The van der Waals surface area contributed by atoms with E-state index in [4.69, 9.17) is 0 Å². The molecule has 0 bridgehead atoms. The molecule has 3 nitrogen and oxygen atoms in total. The average Bonchev–Trinajstić information content (AvgIpc) is 3.22. The topological polar surface area (TPSA) is 30.7 Å². The van der Waals surface area contributed by atoms with Crippen LogP contribution in [0.2, 0.25) is 0 Å². The molecule has 0 N–H and O–H groups in total. The van der Waals surface area contributed by atoms with Gasteiger partial charge >= 0.3 is 0 Å². The monoisotopic (exact) mass is 371 g/mol. The van der Waals surface area contributed by atoms with Gasteiger partial charge in [-0.05, 0) is 31.4 Å². The first-order valence-corrected chi connectivity index (χ1v) is 10.8. The molecule has 0 aliphatic heterocycles. The van der Waals surface area contributed by atoms with Gasteiger partial charge in [-0.15, -0.1) is 21.5 Å². The molecule has 0 aliphatic carbocycles. The SMILES string of the molecule is CCCc1cc(-c2nnc(SCc3ccc(C)cc3)n2CCC)cs1. The lowest BCUT2D eigenvalue weighted by Gasteiger charge is -2.08. The van der Waals surface area contributed by atoms with Crippen molar-refractivity contribution < 1.29 is 0 Å². The van der Waals surface area contributed by atoms with Crippen LogP contribution in [-0.4, -0.2) is 14.8 Å². The van der Waals surface area contributed by atoms with E-state index in [0.29, 0.717) is 0 Å². The molecular weight excluding hydrogens is 346 g/mol. The van der Waals surface area contributed by atoms with Crippen molar-refractivity contribution in [1.29, 1.82) is 0 Å². The third-order valence-electron chi connectivity index (χ3n) is 4.06. The van der Waals surface area contributed by atoms with E-state index in [1.165, 1.54) is 28.0 Å². The van der Waals surface area contributed by atoms with Gasteiger partial charge in [0, 0.05) is 28.1 Å². The highest BCUT2D eigenvalue weighted by molar-refractivity contribution is 7.98. The Bertz CT molecular complexity index is 803. The summed E-state index contributed by atoms with van der Waals surface area (Å²) in [7, 11) is 0. The third-order valence-corrected chi connectivity index (χ3v) is 6.10. The van der Waals surface area contributed by atoms with Gasteiger partial charge in [0.25, 0.3) is 0 Å². The molecule has 3 aromatic rings. The zero-order valence-electron chi connectivity index (χ0n) is 15.2. The van der Waals surface area contributed by atoms with Crippen LogP contribution >= 0.6 is 23.1 Å². The zero-order valence-corrected chi connectivity index (χ0v) is 16.8. The first-order chi connectivity index (χ1) is 12.2. The Labute approximate surface area is 158 Å². The predicted octanol–water partition coefficient (Wildman–Crippen LogP) is 5.97. The van der Waals surface area contributed by atoms with Gasteiger partial charge in [0.05, 0.1) is 0 Å². The Kier molecular flexibility index (Phi) is 6.32. The lowest BCUT2D eigenvalue weighted by atomic mass is 10.2. The van der Waals surface area contributed by atoms with E-state index < -0.39 is 0 Å². The molecule has 0 amide bonds. The predicted molar refractivity (Wildman–Crippen MR) is 108 cm³/mol. The van der Waals surface area contributed by atoms with Gasteiger partial charge in [-0.25, -0.2) is 0 Å². The highest BCUT2D eigenvalue weighted by Gasteiger charge is 2.15. The number of hydrogen-bond donors (Lipinski definition) is 0. The maximum Gasteiger partial charge on any atom is 0.191 e. The van der Waals surface area contributed by atoms with Gasteiger partial charge in [-0.2, -0.15) is 0 Å². The lowest BCUT2D eigenvalue weighted by Crippen LogP contribution is -2.01. The average molecular weight is 372 g/mol. The Hall–Kier alpha value is -1.59. The molecule has 5 heteroatoms. The Balaban J connectivity index is 1.79. The summed E-state index contributed by atoms with van der Waals surface area (Å²) in [5, 5.41) is 12.2. The van der Waals surface area contributed by atoms with Crippen molar-refractivity contribution in [1.82, 2.24) is 14.8 Å². The molecule has 2 heterocycles. The van der Waals surface area contributed by atoms with Crippen LogP contribution in [0.5, 0.6) is 0 Å². The van der Waals surface area contributed by atoms with E-state index in [-0.39, 0.29) is 0 Å². The second-order valence-corrected chi connectivity index (χ2v) is 8.22. The van der Waals surface area contributed by atoms with Crippen LogP contribution in [0.1, 0.15) is 42.7 Å². The number of benzene rings is 1. The quantitative estimate of drug-likeness (QED) is 0.457. The van der Waals surface area contributed by atoms with E-state index in [0.717, 1.165) is 36.1 Å². The normalized spacial score (nSPS) is 11.2. The Morgan fingerprint density at radius 2 is 1.88 bits per heavy atom. The Morgan fingerprint density at radius 3 is 2.60 bits per heavy atom. The maximum absolute atomic E-state index is 4.50. The van der Waals surface area contributed by atoms with Gasteiger partial charge in [0.15, 0.2) is 11.0 Å². The molecular formula is C20H25N3S2. The van der Waals surface area contributed by atoms with Gasteiger partial charge in [-0.1, -0.05) is 61.9 Å². The molecule has 25 heavy (non-hydrogen) atoms. The summed E-state index contributed by atoms with van der Waals surface area (Å²) < 4.78 is 2.27. The third kappa shape index (κ3) is 4.53. The molecule has 3 rings (SSSR count). The summed E-state index contributed by atoms with van der Waals surface area (Å²) in [6, 6.07) is 11.0. The highest BCUT2D eigenvalue weighted by Crippen LogP contribution is 2.30. The van der Waals surface area contributed by atoms with Crippen LogP contribution in [0.4, 0.5) is 0 Å². The summed E-state index contributed by atoms with van der Waals surface area (Å²) in [5.74, 6) is 1.93. The summed E-state index contributed by atoms with van der Waals surface area (Å²) in [6.45, 7) is 7.50. The number of thioether (sulfide) groups is 1. The van der Waals surface area contributed by atoms with E-state index in [1.807, 2.05) is 11.3 Å². The van der Waals surface area contributed by atoms with E-state index in [1.54, 1.807) is 11.8 Å². The minimum atomic E-state index is 0.923. The first-order valence-electron chi connectivity index (χ1n) is 8.90. The molecule has 0 atom stereocenters. The summed E-state index contributed by atoms with van der Waals surface area (Å²) >= 11 is 3.60. The van der Waals surface area contributed by atoms with Gasteiger partial charge in [-0.3, -0.25) is 0 Å². The lowest BCUT2D eigenvalue weighted by molar-refractivity contribution is 0.626. The smallest absolute Gasteiger partial charge is 0.191 e. The summed E-state index contributed by atoms with van der Waals surface area (Å²) in [4.78, 5) is 1.43. The van der Waals surface area contributed by atoms with Crippen molar-refractivity contribution in [2.45, 2.75) is 57.5 Å². The van der Waals surface area contributed by atoms with Crippen LogP contribution in [0.15, 0.2) is 40.9 Å². The number of nitrogens with zero attached hydrogens (tertiary/aromatic N) is 3. The molecule has 0 aliphatic rings. The number of aromatic nitrogens is 3. The zero-order chi connectivity index (χ0) is 17.6. The minimum absolute atomic E-state index is 0.923. The summed E-state index contributed by atoms with van der Waals surface area (Å²) in [6.07, 6.45) is 3.40. The fraction of sp³-hybridized carbons (Fsp3) is 0.400. The molecule has 0 fully saturated rings. The van der Waals surface area contributed by atoms with E-state index in [2.05, 4.69) is 71.2 Å². The van der Waals surface area contributed by atoms with Crippen molar-refractivity contribution in [3.8, 4) is 11.4 Å². The second kappa shape index (κ2) is 8.68. The Morgan fingerprint density at radius 1 is 1.08 bits per heavy atom. The molecule has 132 valence electrons. The van der Waals surface area contributed by atoms with Crippen molar-refractivity contribution in [2.75, 3.05) is 0 Å². The maximum atomic E-state index is 4.50. The fourth-order valence-corrected chi connectivity index (χ4v) is 4.63. The van der Waals surface area contributed by atoms with Gasteiger partial charge in [0.1, 0.15) is 0 Å². The molecule has 0 saturated heterocycles. The van der Waals surface area contributed by atoms with Crippen LogP contribution in [0, 0.1) is 6.92 Å². The molecule has 0 saturated carbocycles. The standard InChI is InChI=1S/C20H25N3S2/c1-4-6-18-12-17(14-24-18)19-21-22-20(23(19)11-5-2)25-13-16-9-7-15(3)8-10-16/h7-10,12,14H,4-6,11,13H2,1-3H3. The van der Waals surface area contributed by atoms with Crippen molar-refractivity contribution >= 4 is 23.1 Å². The number of rotatable bonds is 8. The number of thiophene rings is 1. The fourth-order valence-electron chi connectivity index (χ4n) is 2.74. The number of hydrogen-bond acceptors (Lipinski definition) is 4. The van der Waals surface area contributed by atoms with Crippen molar-refractivity contribution in [2.24, 2.45) is 0 Å². The largest absolute Gasteiger partial charge is 0.302 e. The van der Waals surface area contributed by atoms with E-state index in [9.17, 15) is 0 Å². The molecule has 0 spiro atoms. The first kappa shape index (κ1) is 18.2. The van der Waals surface area contributed by atoms with Crippen LogP contribution < -0.4 is 0 Å². The van der Waals surface area contributed by atoms with E-state index >= 15 is 0 Å². The molecule has 0 radical (unpaired) electrons. The van der Waals surface area contributed by atoms with Crippen molar-refractivity contribution in [3.63, 3.8) is 0 Å². The van der Waals surface area contributed by atoms with Crippen LogP contribution in [0.3, 0.4) is 0 Å². The number of aryl methyl sites for hydroxylation is 2. The van der Waals surface area contributed by atoms with Crippen LogP contribution in [0.25, 0.3) is 11.4 Å². The minimum Gasteiger partial charge on any atom is -0.302 e. The molecule has 0 unspecified atom stereocenters. The molecule has 2 aromatic heterocycles. The second-order valence-electron chi connectivity index (χ2n) is 6.28. The van der Waals surface area contributed by atoms with Gasteiger partial charge in [0.2, 0.25) is 0 Å². The highest BCUT2D eigenvalue weighted by atomic mass is 32.2.